The van der Waals surface area contributed by atoms with Gasteiger partial charge in [0.1, 0.15) is 12.4 Å². The molecule has 1 amide bonds. The Kier molecular flexibility index (Phi) is 8.31. The minimum atomic E-state index is -3.05. The molecule has 1 aromatic carbocycles. The van der Waals surface area contributed by atoms with Gasteiger partial charge < -0.3 is 15.8 Å². The number of sulfone groups is 1. The van der Waals surface area contributed by atoms with Gasteiger partial charge in [0, 0.05) is 30.5 Å². The monoisotopic (exact) mass is 336 g/mol. The normalized spacial score (nSPS) is 12.1. The van der Waals surface area contributed by atoms with Crippen LogP contribution in [0.15, 0.2) is 24.3 Å². The average Bonchev–Trinajstić information content (AvgIpc) is 2.36. The molecule has 0 saturated heterocycles. The molecule has 0 bridgehead atoms. The van der Waals surface area contributed by atoms with E-state index < -0.39 is 9.84 Å². The lowest BCUT2D eigenvalue weighted by Crippen LogP contribution is -2.26. The first-order valence-corrected chi connectivity index (χ1v) is 8.29. The van der Waals surface area contributed by atoms with Crippen molar-refractivity contribution in [3.63, 3.8) is 0 Å². The number of rotatable bonds is 7. The van der Waals surface area contributed by atoms with Gasteiger partial charge in [0.15, 0.2) is 9.84 Å². The fourth-order valence-electron chi connectivity index (χ4n) is 1.35. The Balaban J connectivity index is 0.00000400. The molecule has 1 rings (SSSR count). The first-order valence-electron chi connectivity index (χ1n) is 6.23. The third kappa shape index (κ3) is 7.89. The summed E-state index contributed by atoms with van der Waals surface area (Å²) in [6.07, 6.45) is 1.15. The van der Waals surface area contributed by atoms with Crippen molar-refractivity contribution in [2.45, 2.75) is 6.92 Å². The second-order valence-corrected chi connectivity index (χ2v) is 6.89. The summed E-state index contributed by atoms with van der Waals surface area (Å²) in [4.78, 5) is 11.7. The van der Waals surface area contributed by atoms with Crippen LogP contribution in [0.5, 0.6) is 5.75 Å². The highest BCUT2D eigenvalue weighted by molar-refractivity contribution is 7.90. The van der Waals surface area contributed by atoms with Crippen molar-refractivity contribution in [2.24, 2.45) is 11.7 Å². The molecule has 0 saturated carbocycles. The van der Waals surface area contributed by atoms with Crippen LogP contribution in [0.25, 0.3) is 0 Å². The second-order valence-electron chi connectivity index (χ2n) is 4.63. The van der Waals surface area contributed by atoms with E-state index in [4.69, 9.17) is 10.5 Å². The molecule has 3 N–H and O–H groups in total. The maximum atomic E-state index is 11.7. The number of amides is 1. The predicted octanol–water partition coefficient (Wildman–Crippen LogP) is 1.07. The lowest BCUT2D eigenvalue weighted by Gasteiger charge is -2.11. The molecule has 0 aliphatic rings. The van der Waals surface area contributed by atoms with Crippen LogP contribution >= 0.6 is 12.4 Å². The zero-order chi connectivity index (χ0) is 15.2. The SMILES string of the molecule is CC(CN)C(=O)Nc1cccc(OCCS(C)(=O)=O)c1.Cl. The summed E-state index contributed by atoms with van der Waals surface area (Å²) in [5, 5.41) is 2.72. The summed E-state index contributed by atoms with van der Waals surface area (Å²) < 4.78 is 27.3. The average molecular weight is 337 g/mol. The van der Waals surface area contributed by atoms with Crippen molar-refractivity contribution >= 4 is 33.8 Å². The molecule has 0 aliphatic heterocycles. The van der Waals surface area contributed by atoms with Crippen LogP contribution in [0.3, 0.4) is 0 Å². The number of carbonyl (C=O) groups excluding carboxylic acids is 1. The van der Waals surface area contributed by atoms with E-state index in [1.54, 1.807) is 31.2 Å². The van der Waals surface area contributed by atoms with Gasteiger partial charge in [-0.2, -0.15) is 0 Å². The number of halogens is 1. The van der Waals surface area contributed by atoms with E-state index in [1.807, 2.05) is 0 Å². The van der Waals surface area contributed by atoms with Crippen LogP contribution in [-0.2, 0) is 14.6 Å². The summed E-state index contributed by atoms with van der Waals surface area (Å²) in [6.45, 7) is 2.09. The highest BCUT2D eigenvalue weighted by Gasteiger charge is 2.11. The van der Waals surface area contributed by atoms with E-state index in [9.17, 15) is 13.2 Å². The number of nitrogens with one attached hydrogen (secondary N) is 1. The first kappa shape index (κ1) is 19.7. The standard InChI is InChI=1S/C13H20N2O4S.ClH/c1-10(9-14)13(16)15-11-4-3-5-12(8-11)19-6-7-20(2,17)18;/h3-5,8,10H,6-7,9,14H2,1-2H3,(H,15,16);1H. The van der Waals surface area contributed by atoms with E-state index in [0.29, 0.717) is 11.4 Å². The Morgan fingerprint density at radius 3 is 2.67 bits per heavy atom. The zero-order valence-electron chi connectivity index (χ0n) is 12.0. The zero-order valence-corrected chi connectivity index (χ0v) is 13.7. The molecule has 1 atom stereocenters. The molecule has 21 heavy (non-hydrogen) atoms. The third-order valence-electron chi connectivity index (χ3n) is 2.63. The lowest BCUT2D eigenvalue weighted by molar-refractivity contribution is -0.119. The summed E-state index contributed by atoms with van der Waals surface area (Å²) >= 11 is 0. The van der Waals surface area contributed by atoms with E-state index in [-0.39, 0.29) is 43.1 Å². The molecule has 0 fully saturated rings. The summed E-state index contributed by atoms with van der Waals surface area (Å²) in [5.41, 5.74) is 6.01. The number of nitrogens with two attached hydrogens (primary N) is 1. The van der Waals surface area contributed by atoms with Crippen LogP contribution in [0.4, 0.5) is 5.69 Å². The van der Waals surface area contributed by atoms with Crippen molar-refractivity contribution in [3.8, 4) is 5.75 Å². The van der Waals surface area contributed by atoms with Gasteiger partial charge in [-0.3, -0.25) is 4.79 Å². The van der Waals surface area contributed by atoms with Gasteiger partial charge in [-0.05, 0) is 12.1 Å². The molecule has 1 aromatic rings. The Bertz CT molecular complexity index is 563. The summed E-state index contributed by atoms with van der Waals surface area (Å²) in [7, 11) is -3.05. The molecular formula is C13H21ClN2O4S. The molecular weight excluding hydrogens is 316 g/mol. The van der Waals surface area contributed by atoms with E-state index >= 15 is 0 Å². The molecule has 0 aromatic heterocycles. The van der Waals surface area contributed by atoms with Crippen LogP contribution in [0.2, 0.25) is 0 Å². The van der Waals surface area contributed by atoms with Crippen LogP contribution in [-0.4, -0.2) is 39.5 Å². The molecule has 0 aliphatic carbocycles. The van der Waals surface area contributed by atoms with Gasteiger partial charge in [0.05, 0.1) is 5.75 Å². The van der Waals surface area contributed by atoms with E-state index in [1.165, 1.54) is 0 Å². The highest BCUT2D eigenvalue weighted by atomic mass is 35.5. The van der Waals surface area contributed by atoms with Crippen molar-refractivity contribution in [3.05, 3.63) is 24.3 Å². The molecule has 0 heterocycles. The summed E-state index contributed by atoms with van der Waals surface area (Å²) in [5.74, 6) is 0.0193. The Morgan fingerprint density at radius 1 is 1.43 bits per heavy atom. The minimum Gasteiger partial charge on any atom is -0.492 e. The molecule has 1 unspecified atom stereocenters. The van der Waals surface area contributed by atoms with Gasteiger partial charge in [-0.1, -0.05) is 13.0 Å². The molecule has 0 spiro atoms. The smallest absolute Gasteiger partial charge is 0.228 e. The Hall–Kier alpha value is -1.31. The number of benzene rings is 1. The van der Waals surface area contributed by atoms with Crippen LogP contribution in [0, 0.1) is 5.92 Å². The maximum Gasteiger partial charge on any atom is 0.228 e. The molecule has 6 nitrogen and oxygen atoms in total. The van der Waals surface area contributed by atoms with Gasteiger partial charge in [-0.15, -0.1) is 12.4 Å². The van der Waals surface area contributed by atoms with Gasteiger partial charge in [0.25, 0.3) is 0 Å². The Morgan fingerprint density at radius 2 is 2.10 bits per heavy atom. The van der Waals surface area contributed by atoms with Crippen molar-refractivity contribution in [1.29, 1.82) is 0 Å². The topological polar surface area (TPSA) is 98.5 Å². The highest BCUT2D eigenvalue weighted by Crippen LogP contribution is 2.18. The fraction of sp³-hybridized carbons (Fsp3) is 0.462. The summed E-state index contributed by atoms with van der Waals surface area (Å²) in [6, 6.07) is 6.79. The van der Waals surface area contributed by atoms with E-state index in [0.717, 1.165) is 6.26 Å². The maximum absolute atomic E-state index is 11.7. The van der Waals surface area contributed by atoms with Gasteiger partial charge >= 0.3 is 0 Å². The number of carbonyl (C=O) groups is 1. The van der Waals surface area contributed by atoms with Crippen molar-refractivity contribution in [2.75, 3.05) is 30.5 Å². The quantitative estimate of drug-likeness (QED) is 0.776. The van der Waals surface area contributed by atoms with Crippen LogP contribution in [0.1, 0.15) is 6.92 Å². The molecule has 0 radical (unpaired) electrons. The van der Waals surface area contributed by atoms with Gasteiger partial charge in [0.2, 0.25) is 5.91 Å². The predicted molar refractivity (Wildman–Crippen MR) is 85.7 cm³/mol. The number of hydrogen-bond donors (Lipinski definition) is 2. The number of anilines is 1. The first-order chi connectivity index (χ1) is 9.31. The van der Waals surface area contributed by atoms with Crippen molar-refractivity contribution in [1.82, 2.24) is 0 Å². The fourth-order valence-corrected chi connectivity index (χ4v) is 1.73. The van der Waals surface area contributed by atoms with E-state index in [2.05, 4.69) is 5.32 Å². The molecule has 120 valence electrons. The largest absolute Gasteiger partial charge is 0.492 e. The van der Waals surface area contributed by atoms with Gasteiger partial charge in [-0.25, -0.2) is 8.42 Å². The Labute approximate surface area is 131 Å². The second kappa shape index (κ2) is 8.86. The van der Waals surface area contributed by atoms with Crippen LogP contribution < -0.4 is 15.8 Å². The molecule has 8 heteroatoms. The number of ether oxygens (including phenoxy) is 1. The van der Waals surface area contributed by atoms with Crippen molar-refractivity contribution < 1.29 is 17.9 Å². The lowest BCUT2D eigenvalue weighted by atomic mass is 10.1. The third-order valence-corrected chi connectivity index (χ3v) is 3.53. The number of hydrogen-bond acceptors (Lipinski definition) is 5. The minimum absolute atomic E-state index is 0.